The Morgan fingerprint density at radius 1 is 0.833 bits per heavy atom. The first-order valence-electron chi connectivity index (χ1n) is 8.25. The maximum atomic E-state index is 12.6. The lowest BCUT2D eigenvalue weighted by molar-refractivity contribution is -0.126. The number of carbonyl (C=O) groups excluding carboxylic acids is 3. The molecule has 0 unspecified atom stereocenters. The summed E-state index contributed by atoms with van der Waals surface area (Å²) < 4.78 is 0. The number of carbonyl (C=O) groups is 3. The average Bonchev–Trinajstić information content (AvgIpc) is 2.31. The van der Waals surface area contributed by atoms with Crippen molar-refractivity contribution in [2.45, 2.75) is 60.3 Å². The third-order valence-corrected chi connectivity index (χ3v) is 4.78. The summed E-state index contributed by atoms with van der Waals surface area (Å²) in [6.07, 6.45) is 0.935. The minimum absolute atomic E-state index is 0.0172. The summed E-state index contributed by atoms with van der Waals surface area (Å²) in [5.74, 6) is -2.54. The lowest BCUT2D eigenvalue weighted by Gasteiger charge is -2.35. The zero-order chi connectivity index (χ0) is 18.4. The Bertz CT molecular complexity index is 624. The van der Waals surface area contributed by atoms with Crippen LogP contribution in [-0.2, 0) is 14.4 Å². The molecule has 5 nitrogen and oxygen atoms in total. The molecule has 5 heteroatoms. The molecule has 0 amide bonds. The smallest absolute Gasteiger partial charge is 0.163 e. The van der Waals surface area contributed by atoms with E-state index in [1.54, 1.807) is 0 Å². The van der Waals surface area contributed by atoms with Gasteiger partial charge in [0.05, 0.1) is 5.92 Å². The van der Waals surface area contributed by atoms with Crippen molar-refractivity contribution in [1.82, 2.24) is 0 Å². The summed E-state index contributed by atoms with van der Waals surface area (Å²) >= 11 is 0. The molecule has 0 heterocycles. The van der Waals surface area contributed by atoms with Gasteiger partial charge in [0.1, 0.15) is 17.3 Å². The molecular formula is C19H26O5. The summed E-state index contributed by atoms with van der Waals surface area (Å²) in [6.45, 7) is 8.75. The molecule has 2 rings (SSSR count). The highest BCUT2D eigenvalue weighted by Gasteiger charge is 2.44. The first-order chi connectivity index (χ1) is 10.8. The van der Waals surface area contributed by atoms with Gasteiger partial charge in [-0.1, -0.05) is 27.7 Å². The minimum atomic E-state index is -1.17. The molecule has 24 heavy (non-hydrogen) atoms. The zero-order valence-corrected chi connectivity index (χ0v) is 15.0. The van der Waals surface area contributed by atoms with Crippen LogP contribution in [0.5, 0.6) is 0 Å². The Kier molecular flexibility index (Phi) is 4.51. The lowest BCUT2D eigenvalue weighted by Crippen LogP contribution is -2.36. The van der Waals surface area contributed by atoms with Crippen molar-refractivity contribution in [3.8, 4) is 0 Å². The monoisotopic (exact) mass is 334 g/mol. The van der Waals surface area contributed by atoms with Crippen LogP contribution >= 0.6 is 0 Å². The van der Waals surface area contributed by atoms with Crippen LogP contribution in [0.25, 0.3) is 0 Å². The Morgan fingerprint density at radius 2 is 1.17 bits per heavy atom. The number of aliphatic hydroxyl groups excluding tert-OH is 2. The third kappa shape index (κ3) is 3.45. The van der Waals surface area contributed by atoms with E-state index in [9.17, 15) is 24.6 Å². The normalized spacial score (nSPS) is 23.9. The number of allylic oxidation sites excluding steroid dienone is 4. The van der Waals surface area contributed by atoms with Crippen LogP contribution in [0.15, 0.2) is 22.7 Å². The van der Waals surface area contributed by atoms with Crippen LogP contribution in [-0.4, -0.2) is 27.6 Å². The van der Waals surface area contributed by atoms with Crippen LogP contribution in [0, 0.1) is 16.7 Å². The fraction of sp³-hybridized carbons (Fsp3) is 0.632. The van der Waals surface area contributed by atoms with Crippen molar-refractivity contribution >= 4 is 17.3 Å². The SMILES string of the molecule is CC(=O)C(C1=C(O)CC(C)(C)CC1=O)C1=C(O)CC(C)(C)CC1=O. The first-order valence-corrected chi connectivity index (χ1v) is 8.25. The van der Waals surface area contributed by atoms with E-state index in [0.29, 0.717) is 0 Å². The summed E-state index contributed by atoms with van der Waals surface area (Å²) in [5.41, 5.74) is -0.810. The second-order valence-corrected chi connectivity index (χ2v) is 8.65. The molecule has 0 bridgehead atoms. The van der Waals surface area contributed by atoms with Gasteiger partial charge in [-0.2, -0.15) is 0 Å². The Balaban J connectivity index is 2.58. The van der Waals surface area contributed by atoms with Crippen LogP contribution in [0.1, 0.15) is 60.3 Å². The maximum Gasteiger partial charge on any atom is 0.163 e. The number of ketones is 3. The molecule has 0 aliphatic heterocycles. The van der Waals surface area contributed by atoms with E-state index >= 15 is 0 Å². The Labute approximate surface area is 142 Å². The van der Waals surface area contributed by atoms with Gasteiger partial charge in [-0.3, -0.25) is 14.4 Å². The average molecular weight is 334 g/mol. The van der Waals surface area contributed by atoms with Gasteiger partial charge in [0.2, 0.25) is 0 Å². The van der Waals surface area contributed by atoms with Gasteiger partial charge in [-0.25, -0.2) is 0 Å². The molecule has 2 aliphatic rings. The zero-order valence-electron chi connectivity index (χ0n) is 15.0. The van der Waals surface area contributed by atoms with E-state index in [0.717, 1.165) is 0 Å². The quantitative estimate of drug-likeness (QED) is 0.823. The highest BCUT2D eigenvalue weighted by atomic mass is 16.3. The fourth-order valence-corrected chi connectivity index (χ4v) is 3.81. The second kappa shape index (κ2) is 5.87. The molecule has 0 aromatic heterocycles. The Hall–Kier alpha value is -1.91. The van der Waals surface area contributed by atoms with Gasteiger partial charge in [0.15, 0.2) is 11.6 Å². The minimum Gasteiger partial charge on any atom is -0.512 e. The topological polar surface area (TPSA) is 91.7 Å². The summed E-state index contributed by atoms with van der Waals surface area (Å²) in [6, 6.07) is 0. The molecule has 0 aromatic rings. The van der Waals surface area contributed by atoms with Gasteiger partial charge in [0.25, 0.3) is 0 Å². The molecule has 0 fully saturated rings. The third-order valence-electron chi connectivity index (χ3n) is 4.78. The molecule has 132 valence electrons. The summed E-state index contributed by atoms with van der Waals surface area (Å²) in [5, 5.41) is 20.8. The van der Waals surface area contributed by atoms with Crippen LogP contribution in [0.3, 0.4) is 0 Å². The van der Waals surface area contributed by atoms with Gasteiger partial charge in [0, 0.05) is 36.8 Å². The van der Waals surface area contributed by atoms with Crippen molar-refractivity contribution in [1.29, 1.82) is 0 Å². The molecule has 2 N–H and O–H groups in total. The van der Waals surface area contributed by atoms with E-state index in [4.69, 9.17) is 0 Å². The van der Waals surface area contributed by atoms with Gasteiger partial charge in [-0.15, -0.1) is 0 Å². The highest BCUT2D eigenvalue weighted by Crippen LogP contribution is 2.44. The van der Waals surface area contributed by atoms with Crippen molar-refractivity contribution in [2.24, 2.45) is 16.7 Å². The molecule has 0 atom stereocenters. The number of hydrogen-bond donors (Lipinski definition) is 2. The van der Waals surface area contributed by atoms with Crippen LogP contribution in [0.2, 0.25) is 0 Å². The molecule has 0 saturated heterocycles. The van der Waals surface area contributed by atoms with Crippen molar-refractivity contribution < 1.29 is 24.6 Å². The number of aliphatic hydroxyl groups is 2. The molecule has 2 aliphatic carbocycles. The molecule has 0 radical (unpaired) electrons. The van der Waals surface area contributed by atoms with Crippen molar-refractivity contribution in [3.05, 3.63) is 22.7 Å². The lowest BCUT2D eigenvalue weighted by atomic mass is 9.67. The van der Waals surface area contributed by atoms with E-state index in [2.05, 4.69) is 0 Å². The molecule has 0 aromatic carbocycles. The first kappa shape index (κ1) is 18.4. The predicted octanol–water partition coefficient (Wildman–Crippen LogP) is 3.59. The number of rotatable bonds is 3. The molecule has 0 spiro atoms. The second-order valence-electron chi connectivity index (χ2n) is 8.65. The van der Waals surface area contributed by atoms with Gasteiger partial charge < -0.3 is 10.2 Å². The summed E-state index contributed by atoms with van der Waals surface area (Å²) in [7, 11) is 0. The molecule has 0 saturated carbocycles. The standard InChI is InChI=1S/C19H26O5/c1-10(20)15(16-11(21)6-18(2,3)7-12(16)22)17-13(23)8-19(4,5)9-14(17)24/h15,21,23H,6-9H2,1-5H3. The molecular weight excluding hydrogens is 308 g/mol. The maximum absolute atomic E-state index is 12.6. The van der Waals surface area contributed by atoms with Gasteiger partial charge >= 0.3 is 0 Å². The highest BCUT2D eigenvalue weighted by molar-refractivity contribution is 6.10. The fourth-order valence-electron chi connectivity index (χ4n) is 3.81. The summed E-state index contributed by atoms with van der Waals surface area (Å²) in [4.78, 5) is 37.4. The predicted molar refractivity (Wildman–Crippen MR) is 89.5 cm³/mol. The van der Waals surface area contributed by atoms with Crippen LogP contribution in [0.4, 0.5) is 0 Å². The van der Waals surface area contributed by atoms with E-state index < -0.39 is 11.7 Å². The van der Waals surface area contributed by atoms with Gasteiger partial charge in [-0.05, 0) is 17.8 Å². The van der Waals surface area contributed by atoms with E-state index in [1.807, 2.05) is 27.7 Å². The van der Waals surface area contributed by atoms with Crippen LogP contribution < -0.4 is 0 Å². The largest absolute Gasteiger partial charge is 0.512 e. The number of hydrogen-bond acceptors (Lipinski definition) is 5. The van der Waals surface area contributed by atoms with Crippen molar-refractivity contribution in [3.63, 3.8) is 0 Å². The van der Waals surface area contributed by atoms with Crippen molar-refractivity contribution in [2.75, 3.05) is 0 Å². The van der Waals surface area contributed by atoms with E-state index in [-0.39, 0.29) is 70.7 Å². The number of Topliss-reactive ketones (excluding diaryl/α,β-unsaturated/α-hetero) is 3. The van der Waals surface area contributed by atoms with E-state index in [1.165, 1.54) is 6.92 Å². The Morgan fingerprint density at radius 3 is 1.42 bits per heavy atom.